The number of amides is 1. The molecule has 1 aromatic heterocycles. The smallest absolute Gasteiger partial charge is 0.282 e. The molecular weight excluding hydrogens is 745 g/mol. The van der Waals surface area contributed by atoms with E-state index in [4.69, 9.17) is 4.74 Å². The average Bonchev–Trinajstić information content (AvgIpc) is 2.80. The van der Waals surface area contributed by atoms with Crippen LogP contribution in [0.25, 0.3) is 10.9 Å². The lowest BCUT2D eigenvalue weighted by Crippen LogP contribution is -2.21. The molecule has 0 bridgehead atoms. The zero-order valence-electron chi connectivity index (χ0n) is 18.1. The summed E-state index contributed by atoms with van der Waals surface area (Å²) in [4.78, 5) is 29.6. The Balaban J connectivity index is 1.50. The van der Waals surface area contributed by atoms with Crippen LogP contribution in [0.2, 0.25) is 0 Å². The van der Waals surface area contributed by atoms with Crippen molar-refractivity contribution in [3.05, 3.63) is 93.8 Å². The summed E-state index contributed by atoms with van der Waals surface area (Å²) in [5, 5.41) is 7.48. The predicted molar refractivity (Wildman–Crippen MR) is 154 cm³/mol. The first-order valence-electron chi connectivity index (χ1n) is 10.1. The van der Waals surface area contributed by atoms with Crippen molar-refractivity contribution in [2.45, 2.75) is 6.92 Å². The maximum atomic E-state index is 13.0. The summed E-state index contributed by atoms with van der Waals surface area (Å²) >= 11 is 7.62. The molecule has 7 nitrogen and oxygen atoms in total. The summed E-state index contributed by atoms with van der Waals surface area (Å²) in [5.41, 5.74) is 1.58. The number of carbonyl (C=O) groups excluding carboxylic acids is 1. The van der Waals surface area contributed by atoms with Crippen molar-refractivity contribution in [3.8, 4) is 5.75 Å². The molecule has 0 unspecified atom stereocenters. The Kier molecular flexibility index (Phi) is 8.16. The standard InChI is InChI=1S/C24H16BrFI2N4O3/c1-13-30-21-7-2-15(25)10-18(21)24(34)32(13)29-11-14-8-19(27)23(20(28)9-14)35-12-22(33)31-17-5-3-16(26)4-6-17/h2-11H,12H2,1H3,(H,31,33). The molecule has 0 aliphatic heterocycles. The van der Waals surface area contributed by atoms with E-state index in [2.05, 4.69) is 76.5 Å². The first kappa shape index (κ1) is 25.7. The molecule has 0 saturated carbocycles. The summed E-state index contributed by atoms with van der Waals surface area (Å²) in [5.74, 6) is 0.289. The second-order valence-corrected chi connectivity index (χ2v) is 10.6. The highest BCUT2D eigenvalue weighted by atomic mass is 127. The lowest BCUT2D eigenvalue weighted by Gasteiger charge is -2.12. The molecule has 11 heteroatoms. The summed E-state index contributed by atoms with van der Waals surface area (Å²) < 4.78 is 22.3. The number of nitrogens with one attached hydrogen (secondary N) is 1. The maximum Gasteiger partial charge on any atom is 0.282 e. The Hall–Kier alpha value is -2.39. The van der Waals surface area contributed by atoms with Gasteiger partial charge in [-0.1, -0.05) is 15.9 Å². The number of hydrogen-bond acceptors (Lipinski definition) is 5. The van der Waals surface area contributed by atoms with Gasteiger partial charge in [0.15, 0.2) is 6.61 Å². The number of anilines is 1. The van der Waals surface area contributed by atoms with Crippen molar-refractivity contribution in [3.63, 3.8) is 0 Å². The van der Waals surface area contributed by atoms with E-state index in [-0.39, 0.29) is 23.9 Å². The predicted octanol–water partition coefficient (Wildman–Crippen LogP) is 5.72. The van der Waals surface area contributed by atoms with E-state index < -0.39 is 0 Å². The molecule has 4 rings (SSSR count). The van der Waals surface area contributed by atoms with Gasteiger partial charge in [0, 0.05) is 10.2 Å². The van der Waals surface area contributed by atoms with Crippen molar-refractivity contribution < 1.29 is 13.9 Å². The zero-order chi connectivity index (χ0) is 25.1. The minimum Gasteiger partial charge on any atom is -0.482 e. The third kappa shape index (κ3) is 6.25. The van der Waals surface area contributed by atoms with Gasteiger partial charge in [0.25, 0.3) is 11.5 Å². The lowest BCUT2D eigenvalue weighted by molar-refractivity contribution is -0.118. The molecule has 35 heavy (non-hydrogen) atoms. The van der Waals surface area contributed by atoms with Gasteiger partial charge in [0.05, 0.1) is 24.3 Å². The van der Waals surface area contributed by atoms with Crippen LogP contribution in [0, 0.1) is 19.9 Å². The second kappa shape index (κ2) is 11.1. The number of fused-ring (bicyclic) bond motifs is 1. The third-order valence-electron chi connectivity index (χ3n) is 4.79. The van der Waals surface area contributed by atoms with Crippen LogP contribution >= 0.6 is 61.1 Å². The van der Waals surface area contributed by atoms with Crippen LogP contribution in [0.3, 0.4) is 0 Å². The van der Waals surface area contributed by atoms with Gasteiger partial charge in [-0.3, -0.25) is 9.59 Å². The fourth-order valence-electron chi connectivity index (χ4n) is 3.18. The van der Waals surface area contributed by atoms with Crippen LogP contribution in [0.5, 0.6) is 5.75 Å². The summed E-state index contributed by atoms with van der Waals surface area (Å²) in [7, 11) is 0. The number of benzene rings is 3. The van der Waals surface area contributed by atoms with Crippen molar-refractivity contribution in [2.24, 2.45) is 5.10 Å². The van der Waals surface area contributed by atoms with E-state index >= 15 is 0 Å². The molecule has 0 radical (unpaired) electrons. The summed E-state index contributed by atoms with van der Waals surface area (Å²) in [6, 6.07) is 14.5. The van der Waals surface area contributed by atoms with E-state index in [1.165, 1.54) is 28.9 Å². The van der Waals surface area contributed by atoms with Crippen LogP contribution in [0.1, 0.15) is 11.4 Å². The third-order valence-corrected chi connectivity index (χ3v) is 6.88. The number of halogens is 4. The largest absolute Gasteiger partial charge is 0.482 e. The molecule has 1 heterocycles. The summed E-state index contributed by atoms with van der Waals surface area (Å²) in [6.45, 7) is 1.52. The van der Waals surface area contributed by atoms with Crippen LogP contribution in [-0.2, 0) is 4.79 Å². The monoisotopic (exact) mass is 760 g/mol. The van der Waals surface area contributed by atoms with Crippen LogP contribution in [-0.4, -0.2) is 28.4 Å². The minimum absolute atomic E-state index is 0.205. The zero-order valence-corrected chi connectivity index (χ0v) is 24.0. The Morgan fingerprint density at radius 2 is 1.86 bits per heavy atom. The Morgan fingerprint density at radius 1 is 1.17 bits per heavy atom. The molecule has 0 fully saturated rings. The molecule has 0 atom stereocenters. The molecule has 3 aromatic carbocycles. The van der Waals surface area contributed by atoms with Gasteiger partial charge < -0.3 is 10.1 Å². The number of aryl methyl sites for hydroxylation is 1. The first-order chi connectivity index (χ1) is 16.7. The SMILES string of the molecule is Cc1nc2ccc(Br)cc2c(=O)n1N=Cc1cc(I)c(OCC(=O)Nc2ccc(F)cc2)c(I)c1. The van der Waals surface area contributed by atoms with E-state index in [0.717, 1.165) is 17.2 Å². The van der Waals surface area contributed by atoms with E-state index in [9.17, 15) is 14.0 Å². The van der Waals surface area contributed by atoms with Crippen molar-refractivity contribution in [1.29, 1.82) is 0 Å². The molecule has 178 valence electrons. The van der Waals surface area contributed by atoms with Gasteiger partial charge in [-0.05, 0) is 112 Å². The van der Waals surface area contributed by atoms with Gasteiger partial charge in [-0.15, -0.1) is 0 Å². The van der Waals surface area contributed by atoms with E-state index in [1.807, 2.05) is 18.2 Å². The molecule has 1 amide bonds. The topological polar surface area (TPSA) is 85.6 Å². The highest BCUT2D eigenvalue weighted by molar-refractivity contribution is 14.1. The fraction of sp³-hybridized carbons (Fsp3) is 0.0833. The van der Waals surface area contributed by atoms with Crippen LogP contribution in [0.15, 0.2) is 69.0 Å². The van der Waals surface area contributed by atoms with Gasteiger partial charge >= 0.3 is 0 Å². The highest BCUT2D eigenvalue weighted by Gasteiger charge is 2.12. The number of hydrogen-bond donors (Lipinski definition) is 1. The van der Waals surface area contributed by atoms with Crippen LogP contribution in [0.4, 0.5) is 10.1 Å². The number of carbonyl (C=O) groups is 1. The Morgan fingerprint density at radius 3 is 2.54 bits per heavy atom. The molecule has 0 aliphatic rings. The molecule has 4 aromatic rings. The lowest BCUT2D eigenvalue weighted by atomic mass is 10.2. The van der Waals surface area contributed by atoms with Crippen molar-refractivity contribution in [2.75, 3.05) is 11.9 Å². The van der Waals surface area contributed by atoms with Crippen LogP contribution < -0.4 is 15.6 Å². The Bertz CT molecular complexity index is 1500. The van der Waals surface area contributed by atoms with Crippen molar-refractivity contribution in [1.82, 2.24) is 9.66 Å². The van der Waals surface area contributed by atoms with Gasteiger partial charge in [0.1, 0.15) is 17.4 Å². The molecular formula is C24H16BrFI2N4O3. The molecule has 0 spiro atoms. The first-order valence-corrected chi connectivity index (χ1v) is 13.1. The quantitative estimate of drug-likeness (QED) is 0.202. The minimum atomic E-state index is -0.378. The Labute approximate surface area is 235 Å². The molecule has 0 aliphatic carbocycles. The van der Waals surface area contributed by atoms with E-state index in [0.29, 0.717) is 28.2 Å². The van der Waals surface area contributed by atoms with Gasteiger partial charge in [0.2, 0.25) is 0 Å². The molecule has 1 N–H and O–H groups in total. The van der Waals surface area contributed by atoms with Gasteiger partial charge in [-0.25, -0.2) is 9.37 Å². The summed E-state index contributed by atoms with van der Waals surface area (Å²) in [6.07, 6.45) is 1.58. The normalized spacial score (nSPS) is 11.2. The maximum absolute atomic E-state index is 13.0. The molecule has 0 saturated heterocycles. The average molecular weight is 761 g/mol. The number of ether oxygens (including phenoxy) is 1. The van der Waals surface area contributed by atoms with Gasteiger partial charge in [-0.2, -0.15) is 9.78 Å². The van der Waals surface area contributed by atoms with Crippen molar-refractivity contribution >= 4 is 89.8 Å². The number of rotatable bonds is 6. The van der Waals surface area contributed by atoms with E-state index in [1.54, 1.807) is 25.3 Å². The second-order valence-electron chi connectivity index (χ2n) is 7.34. The highest BCUT2D eigenvalue weighted by Crippen LogP contribution is 2.28. The fourth-order valence-corrected chi connectivity index (χ4v) is 5.67. The number of nitrogens with zero attached hydrogens (tertiary/aromatic N) is 3. The number of aromatic nitrogens is 2.